The van der Waals surface area contributed by atoms with Gasteiger partial charge in [-0.3, -0.25) is 9.97 Å². The topological polar surface area (TPSA) is 97.8 Å². The molecule has 5 rings (SSSR count). The van der Waals surface area contributed by atoms with Crippen molar-refractivity contribution in [1.29, 1.82) is 0 Å². The quantitative estimate of drug-likeness (QED) is 0.306. The number of aromatic amines is 2. The Morgan fingerprint density at radius 2 is 1.34 bits per heavy atom. The Morgan fingerprint density at radius 3 is 1.89 bits per heavy atom. The van der Waals surface area contributed by atoms with Gasteiger partial charge in [0.1, 0.15) is 11.2 Å². The van der Waals surface area contributed by atoms with Gasteiger partial charge in [0, 0.05) is 45.3 Å². The molecule has 38 heavy (non-hydrogen) atoms. The van der Waals surface area contributed by atoms with E-state index in [4.69, 9.17) is 9.97 Å². The highest BCUT2D eigenvalue weighted by Gasteiger charge is 2.53. The summed E-state index contributed by atoms with van der Waals surface area (Å²) in [6.45, 7) is 16.6. The standard InChI is InChI=1S/C32H42N4O2/c1-9-20-17(5)23-13-27-21(10-2)19(7)25(35-27)15-30-32(38,12-4)31(8,37)29(36-30)16-28-22(11-3)18(6)24(34-28)14-26(20)33-23/h13-16,18,22,33,35,37-38H,9-12H2,1-8H3. The van der Waals surface area contributed by atoms with Gasteiger partial charge in [-0.15, -0.1) is 0 Å². The maximum atomic E-state index is 11.8. The van der Waals surface area contributed by atoms with E-state index in [-0.39, 0.29) is 11.8 Å². The van der Waals surface area contributed by atoms with Crippen molar-refractivity contribution in [2.45, 2.75) is 104 Å². The molecule has 8 bridgehead atoms. The van der Waals surface area contributed by atoms with Crippen LogP contribution in [-0.2, 0) is 24.0 Å². The Kier molecular flexibility index (Phi) is 6.56. The highest BCUT2D eigenvalue weighted by Crippen LogP contribution is 2.47. The first-order valence-electron chi connectivity index (χ1n) is 14.2. The summed E-state index contributed by atoms with van der Waals surface area (Å²) < 4.78 is 0. The molecule has 0 aromatic carbocycles. The molecule has 2 aliphatic heterocycles. The van der Waals surface area contributed by atoms with Gasteiger partial charge in [0.05, 0.1) is 11.4 Å². The lowest BCUT2D eigenvalue weighted by atomic mass is 9.79. The number of rotatable bonds is 4. The third kappa shape index (κ3) is 3.76. The molecule has 0 saturated heterocycles. The first-order valence-corrected chi connectivity index (χ1v) is 14.2. The lowest BCUT2D eigenvalue weighted by Crippen LogP contribution is -2.43. The van der Waals surface area contributed by atoms with E-state index in [2.05, 4.69) is 63.6 Å². The summed E-state index contributed by atoms with van der Waals surface area (Å²) in [7, 11) is 0. The lowest BCUT2D eigenvalue weighted by Gasteiger charge is -2.34. The van der Waals surface area contributed by atoms with Crippen LogP contribution in [0.3, 0.4) is 0 Å². The molecule has 2 aliphatic rings. The van der Waals surface area contributed by atoms with Crippen LogP contribution in [0.1, 0.15) is 111 Å². The number of aromatic nitrogens is 4. The predicted octanol–water partition coefficient (Wildman–Crippen LogP) is 6.86. The molecule has 202 valence electrons. The van der Waals surface area contributed by atoms with Crippen LogP contribution in [0.15, 0.2) is 24.3 Å². The van der Waals surface area contributed by atoms with Crippen LogP contribution in [0.4, 0.5) is 0 Å². The van der Waals surface area contributed by atoms with E-state index in [1.807, 2.05) is 19.1 Å². The van der Waals surface area contributed by atoms with Crippen LogP contribution >= 0.6 is 0 Å². The van der Waals surface area contributed by atoms with Crippen molar-refractivity contribution in [3.63, 3.8) is 0 Å². The molecule has 0 spiro atoms. The molecular weight excluding hydrogens is 472 g/mol. The van der Waals surface area contributed by atoms with E-state index in [0.717, 1.165) is 58.3 Å². The van der Waals surface area contributed by atoms with Gasteiger partial charge in [-0.25, -0.2) is 0 Å². The van der Waals surface area contributed by atoms with E-state index in [1.165, 1.54) is 16.7 Å². The second kappa shape index (κ2) is 9.35. The van der Waals surface area contributed by atoms with Crippen molar-refractivity contribution in [2.75, 3.05) is 0 Å². The van der Waals surface area contributed by atoms with Crippen LogP contribution in [0, 0.1) is 13.8 Å². The zero-order valence-corrected chi connectivity index (χ0v) is 24.1. The molecule has 0 fully saturated rings. The highest BCUT2D eigenvalue weighted by atomic mass is 16.4. The van der Waals surface area contributed by atoms with Crippen LogP contribution < -0.4 is 0 Å². The second-order valence-corrected chi connectivity index (χ2v) is 11.3. The monoisotopic (exact) mass is 514 g/mol. The van der Waals surface area contributed by atoms with Crippen LogP contribution in [0.25, 0.3) is 22.1 Å². The fraction of sp³-hybridized carbons (Fsp3) is 0.500. The number of nitrogens with one attached hydrogen (secondary N) is 2. The highest BCUT2D eigenvalue weighted by molar-refractivity contribution is 5.78. The molecule has 4 unspecified atom stereocenters. The van der Waals surface area contributed by atoms with Gasteiger partial charge in [0.2, 0.25) is 0 Å². The fourth-order valence-corrected chi connectivity index (χ4v) is 6.68. The predicted molar refractivity (Wildman–Crippen MR) is 154 cm³/mol. The maximum Gasteiger partial charge on any atom is 0.140 e. The lowest BCUT2D eigenvalue weighted by molar-refractivity contribution is -0.149. The Bertz CT molecular complexity index is 1560. The van der Waals surface area contributed by atoms with Gasteiger partial charge in [-0.05, 0) is 93.0 Å². The van der Waals surface area contributed by atoms with Gasteiger partial charge in [0.15, 0.2) is 0 Å². The number of aryl methyl sites for hydroxylation is 4. The van der Waals surface area contributed by atoms with Gasteiger partial charge in [-0.2, -0.15) is 0 Å². The fourth-order valence-electron chi connectivity index (χ4n) is 6.68. The average Bonchev–Trinajstić information content (AvgIpc) is 3.51. The van der Waals surface area contributed by atoms with Gasteiger partial charge in [-0.1, -0.05) is 34.6 Å². The Hall–Kier alpha value is -2.96. The molecule has 6 heteroatoms. The van der Waals surface area contributed by atoms with Crippen molar-refractivity contribution < 1.29 is 10.2 Å². The van der Waals surface area contributed by atoms with E-state index < -0.39 is 11.2 Å². The van der Waals surface area contributed by atoms with Crippen LogP contribution in [-0.4, -0.2) is 30.1 Å². The van der Waals surface area contributed by atoms with Crippen molar-refractivity contribution >= 4 is 22.1 Å². The number of H-pyrrole nitrogens is 2. The van der Waals surface area contributed by atoms with Gasteiger partial charge < -0.3 is 20.2 Å². The number of nitrogens with zero attached hydrogens (tertiary/aromatic N) is 2. The largest absolute Gasteiger partial charge is 0.380 e. The molecule has 0 saturated carbocycles. The normalized spacial score (nSPS) is 25.2. The van der Waals surface area contributed by atoms with Crippen molar-refractivity contribution in [2.24, 2.45) is 0 Å². The molecule has 3 aromatic heterocycles. The molecule has 4 N–H and O–H groups in total. The summed E-state index contributed by atoms with van der Waals surface area (Å²) in [5.74, 6) is 0.444. The summed E-state index contributed by atoms with van der Waals surface area (Å²) in [5.41, 5.74) is 8.93. The minimum absolute atomic E-state index is 0.213. The van der Waals surface area contributed by atoms with Crippen molar-refractivity contribution in [1.82, 2.24) is 19.9 Å². The Labute approximate surface area is 225 Å². The number of aliphatic hydroxyl groups is 2. The first kappa shape index (κ1) is 26.6. The third-order valence-electron chi connectivity index (χ3n) is 9.38. The summed E-state index contributed by atoms with van der Waals surface area (Å²) in [4.78, 5) is 17.3. The molecule has 0 radical (unpaired) electrons. The SMILES string of the molecule is CCc1c(C)c2cc3[nH]c(cc4nc(cc5nc(cc1[nH]2)C(C)C5CC)C(C)(O)C4(O)CC)c(C)c3CC. The summed E-state index contributed by atoms with van der Waals surface area (Å²) >= 11 is 0. The first-order chi connectivity index (χ1) is 18.0. The Morgan fingerprint density at radius 1 is 0.763 bits per heavy atom. The third-order valence-corrected chi connectivity index (χ3v) is 9.38. The number of fused-ring (bicyclic) bond motifs is 8. The zero-order chi connectivity index (χ0) is 27.6. The molecule has 3 aromatic rings. The smallest absolute Gasteiger partial charge is 0.140 e. The molecule has 0 aliphatic carbocycles. The van der Waals surface area contributed by atoms with Crippen molar-refractivity contribution in [3.8, 4) is 0 Å². The number of hydrogen-bond donors (Lipinski definition) is 4. The minimum atomic E-state index is -1.54. The minimum Gasteiger partial charge on any atom is -0.380 e. The van der Waals surface area contributed by atoms with Crippen LogP contribution in [0.5, 0.6) is 0 Å². The molecule has 0 amide bonds. The van der Waals surface area contributed by atoms with Gasteiger partial charge >= 0.3 is 0 Å². The summed E-state index contributed by atoms with van der Waals surface area (Å²) in [6, 6.07) is 8.25. The molecular formula is C32H42N4O2. The zero-order valence-electron chi connectivity index (χ0n) is 24.1. The van der Waals surface area contributed by atoms with E-state index in [1.54, 1.807) is 6.92 Å². The second-order valence-electron chi connectivity index (χ2n) is 11.3. The average molecular weight is 515 g/mol. The Balaban J connectivity index is 1.99. The number of hydrogen-bond acceptors (Lipinski definition) is 4. The van der Waals surface area contributed by atoms with Gasteiger partial charge in [0.25, 0.3) is 0 Å². The molecule has 5 heterocycles. The summed E-state index contributed by atoms with van der Waals surface area (Å²) in [5, 5.41) is 23.6. The van der Waals surface area contributed by atoms with E-state index in [0.29, 0.717) is 17.8 Å². The van der Waals surface area contributed by atoms with E-state index >= 15 is 0 Å². The van der Waals surface area contributed by atoms with Crippen LogP contribution in [0.2, 0.25) is 0 Å². The molecule has 4 atom stereocenters. The molecule has 6 nitrogen and oxygen atoms in total. The maximum absolute atomic E-state index is 11.8. The van der Waals surface area contributed by atoms with E-state index in [9.17, 15) is 10.2 Å². The van der Waals surface area contributed by atoms with Crippen molar-refractivity contribution in [3.05, 3.63) is 69.3 Å². The summed E-state index contributed by atoms with van der Waals surface area (Å²) in [6.07, 6.45) is 3.07.